The first-order valence-corrected chi connectivity index (χ1v) is 11.8. The number of nitriles is 1. The van der Waals surface area contributed by atoms with Crippen molar-refractivity contribution in [2.24, 2.45) is 0 Å². The van der Waals surface area contributed by atoms with Gasteiger partial charge >= 0.3 is 6.03 Å². The summed E-state index contributed by atoms with van der Waals surface area (Å²) < 4.78 is 13.0. The molecule has 3 amide bonds. The third-order valence-electron chi connectivity index (χ3n) is 5.94. The summed E-state index contributed by atoms with van der Waals surface area (Å²) in [7, 11) is 0. The van der Waals surface area contributed by atoms with Gasteiger partial charge in [0, 0.05) is 39.3 Å². The Balaban J connectivity index is 1.51. The largest absolute Gasteiger partial charge is 0.340 e. The summed E-state index contributed by atoms with van der Waals surface area (Å²) in [5.74, 6) is -0.381. The van der Waals surface area contributed by atoms with Crippen LogP contribution in [0.25, 0.3) is 0 Å². The Labute approximate surface area is 200 Å². The number of halogens is 1. The lowest BCUT2D eigenvalue weighted by Crippen LogP contribution is -2.51. The van der Waals surface area contributed by atoms with Crippen molar-refractivity contribution >= 4 is 11.9 Å². The van der Waals surface area contributed by atoms with Gasteiger partial charge in [-0.1, -0.05) is 37.6 Å². The predicted molar refractivity (Wildman–Crippen MR) is 128 cm³/mol. The van der Waals surface area contributed by atoms with Gasteiger partial charge in [-0.15, -0.1) is 0 Å². The van der Waals surface area contributed by atoms with E-state index in [1.54, 1.807) is 12.1 Å². The van der Waals surface area contributed by atoms with Crippen LogP contribution < -0.4 is 10.6 Å². The number of rotatable bonds is 8. The van der Waals surface area contributed by atoms with Crippen molar-refractivity contribution in [1.82, 2.24) is 20.4 Å². The van der Waals surface area contributed by atoms with Crippen LogP contribution in [0, 0.1) is 17.1 Å². The molecule has 8 heteroatoms. The van der Waals surface area contributed by atoms with Crippen LogP contribution in [0.2, 0.25) is 0 Å². The monoisotopic (exact) mass is 465 g/mol. The molecule has 1 atom stereocenters. The van der Waals surface area contributed by atoms with Crippen molar-refractivity contribution in [2.75, 3.05) is 26.2 Å². The van der Waals surface area contributed by atoms with Crippen LogP contribution in [-0.4, -0.2) is 54.0 Å². The van der Waals surface area contributed by atoms with Gasteiger partial charge < -0.3 is 15.5 Å². The van der Waals surface area contributed by atoms with E-state index in [4.69, 9.17) is 5.26 Å². The Morgan fingerprint density at radius 2 is 1.74 bits per heavy atom. The van der Waals surface area contributed by atoms with Crippen molar-refractivity contribution in [3.8, 4) is 6.07 Å². The zero-order chi connectivity index (χ0) is 24.3. The van der Waals surface area contributed by atoms with Crippen molar-refractivity contribution in [3.63, 3.8) is 0 Å². The average Bonchev–Trinajstić information content (AvgIpc) is 3.09. The summed E-state index contributed by atoms with van der Waals surface area (Å²) in [5.41, 5.74) is 2.57. The molecule has 0 radical (unpaired) electrons. The SMILES string of the molecule is CCCC(NC(=O)NCc1ccc(F)cc1)C(=O)N1CCCN(Cc2ccc(C#N)cc2)CC1. The molecule has 0 saturated carbocycles. The molecule has 1 fully saturated rings. The number of benzene rings is 2. The molecule has 1 heterocycles. The lowest BCUT2D eigenvalue weighted by molar-refractivity contribution is -0.133. The maximum Gasteiger partial charge on any atom is 0.315 e. The summed E-state index contributed by atoms with van der Waals surface area (Å²) in [4.78, 5) is 29.8. The van der Waals surface area contributed by atoms with Gasteiger partial charge in [0.2, 0.25) is 5.91 Å². The third kappa shape index (κ3) is 7.56. The first-order chi connectivity index (χ1) is 16.5. The van der Waals surface area contributed by atoms with Crippen molar-refractivity contribution < 1.29 is 14.0 Å². The second-order valence-electron chi connectivity index (χ2n) is 8.56. The minimum atomic E-state index is -0.580. The number of nitrogens with zero attached hydrogens (tertiary/aromatic N) is 3. The molecule has 1 saturated heterocycles. The topological polar surface area (TPSA) is 88.5 Å². The highest BCUT2D eigenvalue weighted by atomic mass is 19.1. The zero-order valence-electron chi connectivity index (χ0n) is 19.6. The number of hydrogen-bond donors (Lipinski definition) is 2. The van der Waals surface area contributed by atoms with Gasteiger partial charge in [0.15, 0.2) is 0 Å². The first-order valence-electron chi connectivity index (χ1n) is 11.8. The Hall–Kier alpha value is -3.44. The maximum absolute atomic E-state index is 13.2. The molecule has 7 nitrogen and oxygen atoms in total. The molecular formula is C26H32FN5O2. The summed E-state index contributed by atoms with van der Waals surface area (Å²) in [6.45, 7) is 5.91. The summed E-state index contributed by atoms with van der Waals surface area (Å²) >= 11 is 0. The number of hydrogen-bond acceptors (Lipinski definition) is 4. The molecule has 2 N–H and O–H groups in total. The van der Waals surface area contributed by atoms with E-state index in [1.807, 2.05) is 36.1 Å². The van der Waals surface area contributed by atoms with Crippen LogP contribution in [0.5, 0.6) is 0 Å². The van der Waals surface area contributed by atoms with Crippen molar-refractivity contribution in [2.45, 2.75) is 45.3 Å². The first kappa shape index (κ1) is 25.2. The third-order valence-corrected chi connectivity index (χ3v) is 5.94. The summed E-state index contributed by atoms with van der Waals surface area (Å²) in [6.07, 6.45) is 2.19. The van der Waals surface area contributed by atoms with Gasteiger partial charge in [0.25, 0.3) is 0 Å². The van der Waals surface area contributed by atoms with Crippen LogP contribution in [0.3, 0.4) is 0 Å². The number of nitrogens with one attached hydrogen (secondary N) is 2. The second kappa shape index (κ2) is 12.7. The van der Waals surface area contributed by atoms with Crippen molar-refractivity contribution in [1.29, 1.82) is 5.26 Å². The number of carbonyl (C=O) groups excluding carboxylic acids is 2. The molecule has 0 aliphatic carbocycles. The van der Waals surface area contributed by atoms with Crippen LogP contribution in [0.4, 0.5) is 9.18 Å². The van der Waals surface area contributed by atoms with E-state index in [1.165, 1.54) is 12.1 Å². The van der Waals surface area contributed by atoms with Crippen LogP contribution in [0.15, 0.2) is 48.5 Å². The van der Waals surface area contributed by atoms with E-state index in [-0.39, 0.29) is 18.3 Å². The lowest BCUT2D eigenvalue weighted by atomic mass is 10.1. The molecule has 0 bridgehead atoms. The standard InChI is InChI=1S/C26H32FN5O2/c1-2-4-24(30-26(34)29-18-21-9-11-23(27)12-10-21)25(33)32-14-3-13-31(15-16-32)19-22-7-5-20(17-28)6-8-22/h5-12,24H,2-4,13-16,18-19H2,1H3,(H2,29,30,34). The Morgan fingerprint density at radius 3 is 2.41 bits per heavy atom. The van der Waals surface area contributed by atoms with Gasteiger partial charge in [-0.05, 0) is 48.2 Å². The molecule has 34 heavy (non-hydrogen) atoms. The smallest absolute Gasteiger partial charge is 0.315 e. The van der Waals surface area contributed by atoms with Crippen LogP contribution in [-0.2, 0) is 17.9 Å². The van der Waals surface area contributed by atoms with Crippen molar-refractivity contribution in [3.05, 3.63) is 71.0 Å². The van der Waals surface area contributed by atoms with Crippen LogP contribution in [0.1, 0.15) is 42.9 Å². The maximum atomic E-state index is 13.2. The van der Waals surface area contributed by atoms with Crippen LogP contribution >= 0.6 is 0 Å². The molecular weight excluding hydrogens is 433 g/mol. The average molecular weight is 466 g/mol. The second-order valence-corrected chi connectivity index (χ2v) is 8.56. The Bertz CT molecular complexity index is 988. The van der Waals surface area contributed by atoms with E-state index in [0.29, 0.717) is 25.1 Å². The minimum Gasteiger partial charge on any atom is -0.340 e. The minimum absolute atomic E-state index is 0.0565. The molecule has 2 aromatic rings. The van der Waals surface area contributed by atoms with Gasteiger partial charge in [0.05, 0.1) is 11.6 Å². The Morgan fingerprint density at radius 1 is 1.03 bits per heavy atom. The highest BCUT2D eigenvalue weighted by Gasteiger charge is 2.27. The summed E-state index contributed by atoms with van der Waals surface area (Å²) in [5, 5.41) is 14.5. The molecule has 0 aromatic heterocycles. The highest BCUT2D eigenvalue weighted by Crippen LogP contribution is 2.12. The molecule has 180 valence electrons. The van der Waals surface area contributed by atoms with E-state index in [2.05, 4.69) is 21.6 Å². The van der Waals surface area contributed by atoms with E-state index in [0.717, 1.165) is 43.6 Å². The number of urea groups is 1. The van der Waals surface area contributed by atoms with Gasteiger partial charge in [-0.3, -0.25) is 9.69 Å². The molecule has 1 aliphatic heterocycles. The van der Waals surface area contributed by atoms with E-state index >= 15 is 0 Å². The van der Waals surface area contributed by atoms with Gasteiger partial charge in [-0.2, -0.15) is 5.26 Å². The van der Waals surface area contributed by atoms with Gasteiger partial charge in [0.1, 0.15) is 11.9 Å². The quantitative estimate of drug-likeness (QED) is 0.626. The predicted octanol–water partition coefficient (Wildman–Crippen LogP) is 3.40. The number of carbonyl (C=O) groups is 2. The molecule has 1 unspecified atom stereocenters. The Kier molecular flexibility index (Phi) is 9.41. The van der Waals surface area contributed by atoms with Gasteiger partial charge in [-0.25, -0.2) is 9.18 Å². The molecule has 1 aliphatic rings. The summed E-state index contributed by atoms with van der Waals surface area (Å²) in [6, 6.07) is 14.7. The molecule has 2 aromatic carbocycles. The normalized spacial score (nSPS) is 15.1. The number of amides is 3. The van der Waals surface area contributed by atoms with E-state index < -0.39 is 12.1 Å². The molecule has 3 rings (SSSR count). The van der Waals surface area contributed by atoms with E-state index in [9.17, 15) is 14.0 Å². The fourth-order valence-corrected chi connectivity index (χ4v) is 4.05. The fraction of sp³-hybridized carbons (Fsp3) is 0.423. The highest BCUT2D eigenvalue weighted by molar-refractivity contribution is 5.87. The zero-order valence-corrected chi connectivity index (χ0v) is 19.6. The molecule has 0 spiro atoms. The lowest BCUT2D eigenvalue weighted by Gasteiger charge is -2.27. The fourth-order valence-electron chi connectivity index (χ4n) is 4.05.